The molecule has 2 atom stereocenters. The predicted octanol–water partition coefficient (Wildman–Crippen LogP) is 4.79. The van der Waals surface area contributed by atoms with E-state index >= 15 is 0 Å². The van der Waals surface area contributed by atoms with Gasteiger partial charge in [-0.3, -0.25) is 0 Å². The molecule has 0 aliphatic heterocycles. The van der Waals surface area contributed by atoms with Gasteiger partial charge in [-0.25, -0.2) is 4.98 Å². The summed E-state index contributed by atoms with van der Waals surface area (Å²) in [5.41, 5.74) is 9.82. The van der Waals surface area contributed by atoms with Gasteiger partial charge < -0.3 is 5.73 Å². The highest BCUT2D eigenvalue weighted by molar-refractivity contribution is 8.01. The van der Waals surface area contributed by atoms with E-state index in [9.17, 15) is 0 Å². The van der Waals surface area contributed by atoms with Gasteiger partial charge in [0, 0.05) is 6.04 Å². The second kappa shape index (κ2) is 6.18. The molecule has 2 aromatic carbocycles. The summed E-state index contributed by atoms with van der Waals surface area (Å²) < 4.78 is 2.31. The number of thiazole rings is 1. The number of para-hydroxylation sites is 1. The topological polar surface area (TPSA) is 38.9 Å². The van der Waals surface area contributed by atoms with Crippen LogP contribution in [0, 0.1) is 6.92 Å². The maximum absolute atomic E-state index is 6.22. The molecule has 0 fully saturated rings. The lowest BCUT2D eigenvalue weighted by Gasteiger charge is -2.19. The lowest BCUT2D eigenvalue weighted by Crippen LogP contribution is -2.22. The summed E-state index contributed by atoms with van der Waals surface area (Å²) in [6.07, 6.45) is 0. The first kappa shape index (κ1) is 14.6. The van der Waals surface area contributed by atoms with E-state index in [4.69, 9.17) is 10.7 Å². The molecule has 1 aromatic heterocycles. The quantitative estimate of drug-likeness (QED) is 0.704. The minimum atomic E-state index is 0.0730. The van der Waals surface area contributed by atoms with E-state index in [0.29, 0.717) is 0 Å². The van der Waals surface area contributed by atoms with Crippen LogP contribution in [0.5, 0.6) is 0 Å². The van der Waals surface area contributed by atoms with Gasteiger partial charge >= 0.3 is 0 Å². The fraction of sp³-hybridized carbons (Fsp3) is 0.235. The van der Waals surface area contributed by atoms with Crippen LogP contribution in [0.3, 0.4) is 0 Å². The lowest BCUT2D eigenvalue weighted by atomic mass is 10.0. The summed E-state index contributed by atoms with van der Waals surface area (Å²) in [5, 5.41) is 0.227. The zero-order chi connectivity index (χ0) is 14.8. The van der Waals surface area contributed by atoms with Crippen LogP contribution in [0.2, 0.25) is 0 Å². The number of nitrogens with zero attached hydrogens (tertiary/aromatic N) is 1. The molecule has 0 aliphatic rings. The number of rotatable bonds is 4. The Balaban J connectivity index is 1.91. The Morgan fingerprint density at radius 1 is 1.14 bits per heavy atom. The van der Waals surface area contributed by atoms with Crippen molar-refractivity contribution >= 4 is 33.3 Å². The van der Waals surface area contributed by atoms with Crippen LogP contribution in [-0.2, 0) is 0 Å². The molecule has 4 heteroatoms. The Kier molecular flexibility index (Phi) is 4.29. The van der Waals surface area contributed by atoms with Crippen LogP contribution >= 0.6 is 23.1 Å². The highest BCUT2D eigenvalue weighted by Crippen LogP contribution is 2.40. The van der Waals surface area contributed by atoms with Crippen LogP contribution < -0.4 is 5.73 Å². The molecule has 0 saturated heterocycles. The van der Waals surface area contributed by atoms with E-state index in [-0.39, 0.29) is 11.3 Å². The van der Waals surface area contributed by atoms with Gasteiger partial charge in [0.25, 0.3) is 0 Å². The molecule has 2 nitrogen and oxygen atoms in total. The summed E-state index contributed by atoms with van der Waals surface area (Å²) >= 11 is 3.50. The second-order valence-corrected chi connectivity index (χ2v) is 7.68. The highest BCUT2D eigenvalue weighted by Gasteiger charge is 2.19. The predicted molar refractivity (Wildman–Crippen MR) is 93.0 cm³/mol. The first-order chi connectivity index (χ1) is 10.1. The molecule has 1 heterocycles. The minimum absolute atomic E-state index is 0.0730. The Morgan fingerprint density at radius 3 is 2.67 bits per heavy atom. The first-order valence-corrected chi connectivity index (χ1v) is 8.67. The third kappa shape index (κ3) is 3.28. The molecular weight excluding hydrogens is 296 g/mol. The maximum Gasteiger partial charge on any atom is 0.151 e. The molecule has 0 spiro atoms. The van der Waals surface area contributed by atoms with Gasteiger partial charge in [0.1, 0.15) is 0 Å². The maximum atomic E-state index is 6.22. The van der Waals surface area contributed by atoms with Crippen molar-refractivity contribution in [3.63, 3.8) is 0 Å². The molecule has 0 bridgehead atoms. The summed E-state index contributed by atoms with van der Waals surface area (Å²) in [7, 11) is 0. The van der Waals surface area contributed by atoms with Gasteiger partial charge in [-0.05, 0) is 31.5 Å². The number of thioether (sulfide) groups is 1. The normalized spacial score (nSPS) is 14.2. The Morgan fingerprint density at radius 2 is 1.95 bits per heavy atom. The van der Waals surface area contributed by atoms with Gasteiger partial charge in [-0.2, -0.15) is 0 Å². The number of hydrogen-bond donors (Lipinski definition) is 1. The molecule has 3 rings (SSSR count). The molecule has 2 unspecified atom stereocenters. The number of hydrogen-bond acceptors (Lipinski definition) is 4. The second-order valence-electron chi connectivity index (χ2n) is 5.26. The van der Waals surface area contributed by atoms with E-state index < -0.39 is 0 Å². The molecule has 0 radical (unpaired) electrons. The Bertz CT molecular complexity index is 716. The fourth-order valence-electron chi connectivity index (χ4n) is 2.34. The molecule has 3 aromatic rings. The van der Waals surface area contributed by atoms with E-state index in [1.807, 2.05) is 6.07 Å². The lowest BCUT2D eigenvalue weighted by molar-refractivity contribution is 0.721. The number of aromatic nitrogens is 1. The highest BCUT2D eigenvalue weighted by atomic mass is 32.2. The standard InChI is InChI=1S/C17H18N2S2/c1-11-6-5-7-13(10-11)16(12(2)18)21-17-19-14-8-3-4-9-15(14)20-17/h3-10,12,16H,18H2,1-2H3. The van der Waals surface area contributed by atoms with Crippen LogP contribution in [0.25, 0.3) is 10.2 Å². The number of aryl methyl sites for hydroxylation is 1. The summed E-state index contributed by atoms with van der Waals surface area (Å²) in [6.45, 7) is 4.18. The zero-order valence-corrected chi connectivity index (χ0v) is 13.7. The number of fused-ring (bicyclic) bond motifs is 1. The number of nitrogens with two attached hydrogens (primary N) is 1. The van der Waals surface area contributed by atoms with E-state index in [1.165, 1.54) is 15.8 Å². The van der Waals surface area contributed by atoms with Crippen molar-refractivity contribution in [3.05, 3.63) is 59.7 Å². The van der Waals surface area contributed by atoms with Gasteiger partial charge in [-0.15, -0.1) is 11.3 Å². The molecule has 21 heavy (non-hydrogen) atoms. The molecule has 2 N–H and O–H groups in total. The zero-order valence-electron chi connectivity index (χ0n) is 12.1. The first-order valence-electron chi connectivity index (χ1n) is 6.98. The van der Waals surface area contributed by atoms with Crippen LogP contribution in [0.4, 0.5) is 0 Å². The third-order valence-electron chi connectivity index (χ3n) is 3.35. The monoisotopic (exact) mass is 314 g/mol. The average Bonchev–Trinajstić information content (AvgIpc) is 2.87. The molecular formula is C17H18N2S2. The smallest absolute Gasteiger partial charge is 0.151 e. The molecule has 0 amide bonds. The fourth-order valence-corrected chi connectivity index (χ4v) is 4.67. The average molecular weight is 314 g/mol. The van der Waals surface area contributed by atoms with Gasteiger partial charge in [-0.1, -0.05) is 53.7 Å². The minimum Gasteiger partial charge on any atom is -0.327 e. The van der Waals surface area contributed by atoms with Gasteiger partial charge in [0.05, 0.1) is 15.5 Å². The van der Waals surface area contributed by atoms with Crippen molar-refractivity contribution in [3.8, 4) is 0 Å². The largest absolute Gasteiger partial charge is 0.327 e. The van der Waals surface area contributed by atoms with Crippen molar-refractivity contribution in [1.29, 1.82) is 0 Å². The van der Waals surface area contributed by atoms with Gasteiger partial charge in [0.2, 0.25) is 0 Å². The van der Waals surface area contributed by atoms with Crippen molar-refractivity contribution < 1.29 is 0 Å². The van der Waals surface area contributed by atoms with Crippen molar-refractivity contribution in [1.82, 2.24) is 4.98 Å². The van der Waals surface area contributed by atoms with Crippen molar-refractivity contribution in [2.45, 2.75) is 29.5 Å². The summed E-state index contributed by atoms with van der Waals surface area (Å²) in [4.78, 5) is 4.71. The molecule has 0 aliphatic carbocycles. The van der Waals surface area contributed by atoms with Crippen LogP contribution in [0.1, 0.15) is 23.3 Å². The summed E-state index contributed by atoms with van der Waals surface area (Å²) in [6, 6.07) is 16.9. The molecule has 108 valence electrons. The Labute approximate surface area is 133 Å². The molecule has 0 saturated carbocycles. The SMILES string of the molecule is Cc1cccc(C(Sc2nc3ccccc3s2)C(C)N)c1. The van der Waals surface area contributed by atoms with Crippen LogP contribution in [-0.4, -0.2) is 11.0 Å². The van der Waals surface area contributed by atoms with E-state index in [0.717, 1.165) is 9.86 Å². The van der Waals surface area contributed by atoms with Crippen molar-refractivity contribution in [2.24, 2.45) is 5.73 Å². The van der Waals surface area contributed by atoms with Crippen molar-refractivity contribution in [2.75, 3.05) is 0 Å². The Hall–Kier alpha value is -1.36. The van der Waals surface area contributed by atoms with E-state index in [1.54, 1.807) is 23.1 Å². The van der Waals surface area contributed by atoms with Gasteiger partial charge in [0.15, 0.2) is 4.34 Å². The van der Waals surface area contributed by atoms with Crippen LogP contribution in [0.15, 0.2) is 52.9 Å². The third-order valence-corrected chi connectivity index (χ3v) is 5.97. The summed E-state index contributed by atoms with van der Waals surface area (Å²) in [5.74, 6) is 0. The number of benzene rings is 2. The van der Waals surface area contributed by atoms with E-state index in [2.05, 4.69) is 56.3 Å².